The van der Waals surface area contributed by atoms with Crippen LogP contribution in [0.25, 0.3) is 0 Å². The molecule has 0 spiro atoms. The van der Waals surface area contributed by atoms with E-state index in [1.807, 2.05) is 0 Å². The lowest BCUT2D eigenvalue weighted by Crippen LogP contribution is -2.45. The van der Waals surface area contributed by atoms with Crippen LogP contribution in [0.3, 0.4) is 0 Å². The number of aliphatic carboxylic acids is 1. The standard InChI is InChI=1S/C12H21NO4/c1-5-12(9(14)15)6-7-13(8-12)10(16)17-11(2,3)4/h5-8H2,1-4H3,(H,14,15)/p-1. The van der Waals surface area contributed by atoms with Gasteiger partial charge in [0, 0.05) is 24.5 Å². The minimum absolute atomic E-state index is 0.181. The molecule has 5 nitrogen and oxygen atoms in total. The highest BCUT2D eigenvalue weighted by molar-refractivity contribution is 5.76. The van der Waals surface area contributed by atoms with E-state index in [0.717, 1.165) is 0 Å². The van der Waals surface area contributed by atoms with Crippen molar-refractivity contribution in [3.63, 3.8) is 0 Å². The van der Waals surface area contributed by atoms with Crippen molar-refractivity contribution in [2.75, 3.05) is 13.1 Å². The zero-order chi connectivity index (χ0) is 13.3. The maximum atomic E-state index is 11.8. The molecule has 17 heavy (non-hydrogen) atoms. The third kappa shape index (κ3) is 3.11. The van der Waals surface area contributed by atoms with Crippen molar-refractivity contribution in [3.8, 4) is 0 Å². The lowest BCUT2D eigenvalue weighted by Gasteiger charge is -2.29. The van der Waals surface area contributed by atoms with E-state index in [1.54, 1.807) is 27.7 Å². The van der Waals surface area contributed by atoms with Crippen molar-refractivity contribution >= 4 is 12.1 Å². The van der Waals surface area contributed by atoms with Gasteiger partial charge in [-0.25, -0.2) is 4.79 Å². The van der Waals surface area contributed by atoms with Crippen LogP contribution < -0.4 is 5.11 Å². The van der Waals surface area contributed by atoms with Gasteiger partial charge >= 0.3 is 6.09 Å². The predicted molar refractivity (Wildman–Crippen MR) is 60.2 cm³/mol. The van der Waals surface area contributed by atoms with Gasteiger partial charge < -0.3 is 19.5 Å². The molecule has 1 rings (SSSR count). The highest BCUT2D eigenvalue weighted by Crippen LogP contribution is 2.33. The van der Waals surface area contributed by atoms with Crippen molar-refractivity contribution in [3.05, 3.63) is 0 Å². The minimum Gasteiger partial charge on any atom is -0.549 e. The van der Waals surface area contributed by atoms with Crippen LogP contribution in [0.1, 0.15) is 40.5 Å². The fourth-order valence-electron chi connectivity index (χ4n) is 1.95. The number of carbonyl (C=O) groups is 2. The number of carbonyl (C=O) groups excluding carboxylic acids is 2. The van der Waals surface area contributed by atoms with Gasteiger partial charge in [-0.1, -0.05) is 6.92 Å². The van der Waals surface area contributed by atoms with E-state index < -0.39 is 23.1 Å². The van der Waals surface area contributed by atoms with Gasteiger partial charge in [0.1, 0.15) is 5.60 Å². The first-order valence-corrected chi connectivity index (χ1v) is 5.89. The first-order chi connectivity index (χ1) is 7.70. The summed E-state index contributed by atoms with van der Waals surface area (Å²) in [4.78, 5) is 24.3. The molecule has 0 N–H and O–H groups in total. The molecular formula is C12H20NO4-. The third-order valence-corrected chi connectivity index (χ3v) is 3.12. The minimum atomic E-state index is -1.08. The summed E-state index contributed by atoms with van der Waals surface area (Å²) >= 11 is 0. The molecule has 1 unspecified atom stereocenters. The second-order valence-corrected chi connectivity index (χ2v) is 5.57. The van der Waals surface area contributed by atoms with Crippen molar-refractivity contribution < 1.29 is 19.4 Å². The maximum absolute atomic E-state index is 11.8. The van der Waals surface area contributed by atoms with Gasteiger partial charge in [0.15, 0.2) is 0 Å². The van der Waals surface area contributed by atoms with Gasteiger partial charge in [-0.05, 0) is 33.6 Å². The zero-order valence-corrected chi connectivity index (χ0v) is 10.9. The molecule has 0 aromatic heterocycles. The summed E-state index contributed by atoms with van der Waals surface area (Å²) in [6.07, 6.45) is 0.453. The molecule has 1 amide bonds. The highest BCUT2D eigenvalue weighted by Gasteiger charge is 2.41. The second-order valence-electron chi connectivity index (χ2n) is 5.57. The normalized spacial score (nSPS) is 24.8. The monoisotopic (exact) mass is 242 g/mol. The van der Waals surface area contributed by atoms with E-state index in [-0.39, 0.29) is 6.54 Å². The number of nitrogens with zero attached hydrogens (tertiary/aromatic N) is 1. The molecule has 0 radical (unpaired) electrons. The fourth-order valence-corrected chi connectivity index (χ4v) is 1.95. The zero-order valence-electron chi connectivity index (χ0n) is 10.9. The van der Waals surface area contributed by atoms with E-state index in [0.29, 0.717) is 19.4 Å². The Hall–Kier alpha value is -1.26. The first kappa shape index (κ1) is 13.8. The number of hydrogen-bond donors (Lipinski definition) is 0. The fraction of sp³-hybridized carbons (Fsp3) is 0.833. The summed E-state index contributed by atoms with van der Waals surface area (Å²) < 4.78 is 5.21. The summed E-state index contributed by atoms with van der Waals surface area (Å²) in [5.74, 6) is -1.08. The van der Waals surface area contributed by atoms with Crippen LogP contribution in [0.5, 0.6) is 0 Å². The Balaban J connectivity index is 2.67. The summed E-state index contributed by atoms with van der Waals surface area (Å²) in [6, 6.07) is 0. The van der Waals surface area contributed by atoms with E-state index in [9.17, 15) is 14.7 Å². The van der Waals surface area contributed by atoms with Gasteiger partial charge in [0.2, 0.25) is 0 Å². The molecule has 5 heteroatoms. The Bertz CT molecular complexity index is 321. The van der Waals surface area contributed by atoms with E-state index in [1.165, 1.54) is 4.90 Å². The van der Waals surface area contributed by atoms with Crippen molar-refractivity contribution in [1.82, 2.24) is 4.90 Å². The molecule has 1 heterocycles. The number of carboxylic acid groups (broad SMARTS) is 1. The third-order valence-electron chi connectivity index (χ3n) is 3.12. The van der Waals surface area contributed by atoms with Crippen LogP contribution in [-0.2, 0) is 9.53 Å². The Kier molecular flexibility index (Phi) is 3.69. The lowest BCUT2D eigenvalue weighted by atomic mass is 9.84. The van der Waals surface area contributed by atoms with Crippen LogP contribution in [0, 0.1) is 5.41 Å². The topological polar surface area (TPSA) is 69.7 Å². The predicted octanol–water partition coefficient (Wildman–Crippen LogP) is 0.773. The molecule has 0 aromatic rings. The molecule has 1 fully saturated rings. The molecular weight excluding hydrogens is 222 g/mol. The van der Waals surface area contributed by atoms with Gasteiger partial charge in [-0.2, -0.15) is 0 Å². The quantitative estimate of drug-likeness (QED) is 0.717. The number of rotatable bonds is 2. The van der Waals surface area contributed by atoms with Crippen LogP contribution >= 0.6 is 0 Å². The Morgan fingerprint density at radius 3 is 2.35 bits per heavy atom. The largest absolute Gasteiger partial charge is 0.549 e. The summed E-state index contributed by atoms with van der Waals surface area (Å²) in [5, 5.41) is 11.1. The molecule has 1 saturated heterocycles. The molecule has 0 aliphatic carbocycles. The highest BCUT2D eigenvalue weighted by atomic mass is 16.6. The van der Waals surface area contributed by atoms with Crippen molar-refractivity contribution in [2.45, 2.75) is 46.1 Å². The van der Waals surface area contributed by atoms with Crippen LogP contribution in [-0.4, -0.2) is 35.7 Å². The molecule has 1 aliphatic heterocycles. The molecule has 1 aliphatic rings. The molecule has 0 aromatic carbocycles. The van der Waals surface area contributed by atoms with Gasteiger partial charge in [-0.15, -0.1) is 0 Å². The molecule has 98 valence electrons. The number of ether oxygens (including phenoxy) is 1. The number of carboxylic acids is 1. The van der Waals surface area contributed by atoms with Crippen LogP contribution in [0.15, 0.2) is 0 Å². The SMILES string of the molecule is CCC1(C(=O)[O-])CCN(C(=O)OC(C)(C)C)C1. The van der Waals surface area contributed by atoms with E-state index in [2.05, 4.69) is 0 Å². The number of hydrogen-bond acceptors (Lipinski definition) is 4. The average molecular weight is 242 g/mol. The molecule has 0 saturated carbocycles. The van der Waals surface area contributed by atoms with Crippen LogP contribution in [0.4, 0.5) is 4.79 Å². The number of amides is 1. The van der Waals surface area contributed by atoms with Crippen molar-refractivity contribution in [1.29, 1.82) is 0 Å². The van der Waals surface area contributed by atoms with Crippen molar-refractivity contribution in [2.24, 2.45) is 5.41 Å². The van der Waals surface area contributed by atoms with Gasteiger partial charge in [-0.3, -0.25) is 0 Å². The average Bonchev–Trinajstić information content (AvgIpc) is 2.60. The van der Waals surface area contributed by atoms with Gasteiger partial charge in [0.25, 0.3) is 0 Å². The first-order valence-electron chi connectivity index (χ1n) is 5.89. The smallest absolute Gasteiger partial charge is 0.410 e. The number of likely N-dealkylation sites (tertiary alicyclic amines) is 1. The van der Waals surface area contributed by atoms with Crippen LogP contribution in [0.2, 0.25) is 0 Å². The van der Waals surface area contributed by atoms with E-state index >= 15 is 0 Å². The Morgan fingerprint density at radius 1 is 1.41 bits per heavy atom. The summed E-state index contributed by atoms with van der Waals surface area (Å²) in [7, 11) is 0. The Labute approximate surface area is 102 Å². The Morgan fingerprint density at radius 2 is 2.00 bits per heavy atom. The molecule has 1 atom stereocenters. The molecule has 0 bridgehead atoms. The summed E-state index contributed by atoms with van der Waals surface area (Å²) in [6.45, 7) is 7.75. The van der Waals surface area contributed by atoms with Gasteiger partial charge in [0.05, 0.1) is 0 Å². The second kappa shape index (κ2) is 4.55. The lowest BCUT2D eigenvalue weighted by molar-refractivity contribution is -0.318. The summed E-state index contributed by atoms with van der Waals surface area (Å²) in [5.41, 5.74) is -1.47. The maximum Gasteiger partial charge on any atom is 0.410 e. The van der Waals surface area contributed by atoms with E-state index in [4.69, 9.17) is 4.74 Å².